The maximum atomic E-state index is 9.93. The van der Waals surface area contributed by atoms with Crippen molar-refractivity contribution < 1.29 is 5.11 Å². The zero-order chi connectivity index (χ0) is 14.5. The second kappa shape index (κ2) is 6.76. The van der Waals surface area contributed by atoms with Crippen molar-refractivity contribution in [3.8, 4) is 6.07 Å². The van der Waals surface area contributed by atoms with Gasteiger partial charge in [-0.3, -0.25) is 0 Å². The molecule has 3 nitrogen and oxygen atoms in total. The van der Waals surface area contributed by atoms with Crippen LogP contribution >= 0.6 is 0 Å². The Balaban J connectivity index is 2.18. The molecular formula is C17H24N2O. The number of aliphatic hydroxyl groups is 1. The Morgan fingerprint density at radius 3 is 2.65 bits per heavy atom. The maximum Gasteiger partial charge on any atom is 0.0992 e. The first kappa shape index (κ1) is 14.9. The number of rotatable bonds is 4. The zero-order valence-electron chi connectivity index (χ0n) is 12.5. The third-order valence-corrected chi connectivity index (χ3v) is 4.26. The van der Waals surface area contributed by atoms with E-state index in [0.29, 0.717) is 5.56 Å². The van der Waals surface area contributed by atoms with Crippen LogP contribution in [0.1, 0.15) is 56.8 Å². The molecule has 1 fully saturated rings. The second-order valence-corrected chi connectivity index (χ2v) is 5.78. The summed E-state index contributed by atoms with van der Waals surface area (Å²) in [7, 11) is 0. The minimum absolute atomic E-state index is 0.494. The van der Waals surface area contributed by atoms with Gasteiger partial charge < -0.3 is 10.0 Å². The molecule has 0 aromatic heterocycles. The molecule has 0 saturated carbocycles. The van der Waals surface area contributed by atoms with Crippen LogP contribution in [0, 0.1) is 17.2 Å². The van der Waals surface area contributed by atoms with Crippen molar-refractivity contribution in [2.24, 2.45) is 5.92 Å². The zero-order valence-corrected chi connectivity index (χ0v) is 12.5. The molecule has 1 heterocycles. The molecule has 0 amide bonds. The van der Waals surface area contributed by atoms with E-state index in [4.69, 9.17) is 5.26 Å². The molecule has 0 bridgehead atoms. The fraction of sp³-hybridized carbons (Fsp3) is 0.588. The van der Waals surface area contributed by atoms with Crippen molar-refractivity contribution in [3.63, 3.8) is 0 Å². The van der Waals surface area contributed by atoms with E-state index in [-0.39, 0.29) is 0 Å². The standard InChI is InChI=1S/C17H24N2O/c1-3-4-14-7-9-19(10-8-14)17-11-15(12-18)5-6-16(17)13(2)20/h5-6,11,13-14,20H,3-4,7-10H2,1-2H3/t13-/m1/s1. The quantitative estimate of drug-likeness (QED) is 0.910. The van der Waals surface area contributed by atoms with Crippen LogP contribution in [-0.4, -0.2) is 18.2 Å². The van der Waals surface area contributed by atoms with Crippen LogP contribution in [0.5, 0.6) is 0 Å². The molecule has 1 aromatic rings. The van der Waals surface area contributed by atoms with E-state index in [0.717, 1.165) is 30.3 Å². The van der Waals surface area contributed by atoms with E-state index in [2.05, 4.69) is 17.9 Å². The number of hydrogen-bond acceptors (Lipinski definition) is 3. The van der Waals surface area contributed by atoms with Crippen molar-refractivity contribution in [2.75, 3.05) is 18.0 Å². The van der Waals surface area contributed by atoms with Crippen molar-refractivity contribution in [1.29, 1.82) is 5.26 Å². The van der Waals surface area contributed by atoms with Crippen molar-refractivity contribution >= 4 is 5.69 Å². The largest absolute Gasteiger partial charge is 0.389 e. The second-order valence-electron chi connectivity index (χ2n) is 5.78. The number of aliphatic hydroxyl groups excluding tert-OH is 1. The Morgan fingerprint density at radius 2 is 2.10 bits per heavy atom. The summed E-state index contributed by atoms with van der Waals surface area (Å²) in [5.41, 5.74) is 2.63. The molecule has 1 aromatic carbocycles. The van der Waals surface area contributed by atoms with Gasteiger partial charge in [-0.05, 0) is 37.8 Å². The summed E-state index contributed by atoms with van der Waals surface area (Å²) in [5.74, 6) is 0.838. The minimum atomic E-state index is -0.494. The summed E-state index contributed by atoms with van der Waals surface area (Å²) in [5, 5.41) is 19.0. The van der Waals surface area contributed by atoms with Crippen molar-refractivity contribution in [3.05, 3.63) is 29.3 Å². The molecule has 1 aliphatic rings. The Labute approximate surface area is 121 Å². The average molecular weight is 272 g/mol. The molecule has 1 aliphatic heterocycles. The average Bonchev–Trinajstić information content (AvgIpc) is 2.47. The first-order valence-electron chi connectivity index (χ1n) is 7.62. The molecule has 20 heavy (non-hydrogen) atoms. The molecule has 0 radical (unpaired) electrons. The van der Waals surface area contributed by atoms with Gasteiger partial charge in [-0.15, -0.1) is 0 Å². The van der Waals surface area contributed by atoms with Crippen molar-refractivity contribution in [2.45, 2.75) is 45.6 Å². The van der Waals surface area contributed by atoms with Gasteiger partial charge in [0.15, 0.2) is 0 Å². The van der Waals surface area contributed by atoms with Gasteiger partial charge in [0.2, 0.25) is 0 Å². The SMILES string of the molecule is CCCC1CCN(c2cc(C#N)ccc2[C@@H](C)O)CC1. The topological polar surface area (TPSA) is 47.3 Å². The molecule has 3 heteroatoms. The third kappa shape index (κ3) is 3.32. The number of nitriles is 1. The number of hydrogen-bond donors (Lipinski definition) is 1. The molecule has 1 saturated heterocycles. The van der Waals surface area contributed by atoms with Gasteiger partial charge >= 0.3 is 0 Å². The third-order valence-electron chi connectivity index (χ3n) is 4.26. The molecule has 0 unspecified atom stereocenters. The predicted molar refractivity (Wildman–Crippen MR) is 81.6 cm³/mol. The van der Waals surface area contributed by atoms with Crippen LogP contribution in [0.25, 0.3) is 0 Å². The minimum Gasteiger partial charge on any atom is -0.389 e. The van der Waals surface area contributed by atoms with E-state index >= 15 is 0 Å². The highest BCUT2D eigenvalue weighted by atomic mass is 16.3. The number of nitrogens with zero attached hydrogens (tertiary/aromatic N) is 2. The van der Waals surface area contributed by atoms with E-state index in [9.17, 15) is 5.11 Å². The molecule has 1 N–H and O–H groups in total. The van der Waals surface area contributed by atoms with Crippen LogP contribution in [0.3, 0.4) is 0 Å². The lowest BCUT2D eigenvalue weighted by Gasteiger charge is -2.35. The van der Waals surface area contributed by atoms with Crippen LogP contribution in [0.2, 0.25) is 0 Å². The Bertz CT molecular complexity index is 482. The first-order chi connectivity index (χ1) is 9.65. The molecule has 0 spiro atoms. The smallest absolute Gasteiger partial charge is 0.0992 e. The molecular weight excluding hydrogens is 248 g/mol. The number of anilines is 1. The van der Waals surface area contributed by atoms with Crippen LogP contribution < -0.4 is 4.90 Å². The maximum absolute atomic E-state index is 9.93. The monoisotopic (exact) mass is 272 g/mol. The fourth-order valence-corrected chi connectivity index (χ4v) is 3.11. The lowest BCUT2D eigenvalue weighted by atomic mass is 9.91. The van der Waals surface area contributed by atoms with Crippen LogP contribution in [0.4, 0.5) is 5.69 Å². The normalized spacial score (nSPS) is 17.8. The lowest BCUT2D eigenvalue weighted by molar-refractivity contribution is 0.199. The highest BCUT2D eigenvalue weighted by Gasteiger charge is 2.21. The molecule has 1 atom stereocenters. The van der Waals surface area contributed by atoms with E-state index < -0.39 is 6.10 Å². The van der Waals surface area contributed by atoms with Crippen LogP contribution in [-0.2, 0) is 0 Å². The van der Waals surface area contributed by atoms with E-state index in [1.807, 2.05) is 12.1 Å². The predicted octanol–water partition coefficient (Wildman–Crippen LogP) is 3.63. The van der Waals surface area contributed by atoms with Gasteiger partial charge in [-0.1, -0.05) is 25.8 Å². The Morgan fingerprint density at radius 1 is 1.40 bits per heavy atom. The van der Waals surface area contributed by atoms with Gasteiger partial charge in [0, 0.05) is 24.3 Å². The number of benzene rings is 1. The summed E-state index contributed by atoms with van der Waals surface area (Å²) in [6, 6.07) is 7.78. The lowest BCUT2D eigenvalue weighted by Crippen LogP contribution is -2.34. The van der Waals surface area contributed by atoms with Gasteiger partial charge in [0.1, 0.15) is 0 Å². The summed E-state index contributed by atoms with van der Waals surface area (Å²) in [4.78, 5) is 2.33. The highest BCUT2D eigenvalue weighted by Crippen LogP contribution is 2.32. The molecule has 0 aliphatic carbocycles. The summed E-state index contributed by atoms with van der Waals surface area (Å²) in [6.07, 6.45) is 4.50. The molecule has 108 valence electrons. The van der Waals surface area contributed by atoms with Gasteiger partial charge in [0.25, 0.3) is 0 Å². The molecule has 2 rings (SSSR count). The van der Waals surface area contributed by atoms with Gasteiger partial charge in [0.05, 0.1) is 17.7 Å². The summed E-state index contributed by atoms with van der Waals surface area (Å²) in [6.45, 7) is 6.08. The first-order valence-corrected chi connectivity index (χ1v) is 7.62. The fourth-order valence-electron chi connectivity index (χ4n) is 3.11. The van der Waals surface area contributed by atoms with E-state index in [1.165, 1.54) is 25.7 Å². The van der Waals surface area contributed by atoms with E-state index in [1.54, 1.807) is 13.0 Å². The summed E-state index contributed by atoms with van der Waals surface area (Å²) < 4.78 is 0. The van der Waals surface area contributed by atoms with Gasteiger partial charge in [-0.2, -0.15) is 5.26 Å². The van der Waals surface area contributed by atoms with Crippen LogP contribution in [0.15, 0.2) is 18.2 Å². The Kier molecular flexibility index (Phi) is 5.03. The van der Waals surface area contributed by atoms with Gasteiger partial charge in [-0.25, -0.2) is 0 Å². The van der Waals surface area contributed by atoms with Crippen molar-refractivity contribution in [1.82, 2.24) is 0 Å². The number of piperidine rings is 1. The Hall–Kier alpha value is -1.53. The highest BCUT2D eigenvalue weighted by molar-refractivity contribution is 5.58. The summed E-state index contributed by atoms with van der Waals surface area (Å²) >= 11 is 0.